The van der Waals surface area contributed by atoms with Crippen LogP contribution in [-0.4, -0.2) is 9.19 Å². The maximum Gasteiger partial charge on any atom is 0.150 e. The first kappa shape index (κ1) is 14.7. The second kappa shape index (κ2) is 5.75. The normalized spacial score (nSPS) is 13.2. The van der Waals surface area contributed by atoms with Gasteiger partial charge in [-0.05, 0) is 28.7 Å². The molecule has 0 aliphatic heterocycles. The zero-order valence-corrected chi connectivity index (χ0v) is 12.9. The average molecular weight is 288 g/mol. The molecule has 1 unspecified atom stereocenters. The average Bonchev–Trinajstić information content (AvgIpc) is 2.38. The van der Waals surface area contributed by atoms with Crippen molar-refractivity contribution < 1.29 is 4.21 Å². The fourth-order valence-corrected chi connectivity index (χ4v) is 3.06. The molecule has 0 amide bonds. The summed E-state index contributed by atoms with van der Waals surface area (Å²) in [6.07, 6.45) is 1.62. The Balaban J connectivity index is 2.15. The third kappa shape index (κ3) is 3.45. The number of anilines is 1. The van der Waals surface area contributed by atoms with Gasteiger partial charge in [-0.25, -0.2) is 4.98 Å². The SMILES string of the molecule is CC(C)(C)c1ccc(CS(=O)c2ncccc2N)cc1. The predicted octanol–water partition coefficient (Wildman–Crippen LogP) is 3.27. The van der Waals surface area contributed by atoms with Crippen molar-refractivity contribution in [3.63, 3.8) is 0 Å². The van der Waals surface area contributed by atoms with Gasteiger partial charge >= 0.3 is 0 Å². The molecule has 0 bridgehead atoms. The van der Waals surface area contributed by atoms with Crippen LogP contribution < -0.4 is 5.73 Å². The molecule has 3 nitrogen and oxygen atoms in total. The molecule has 4 heteroatoms. The fourth-order valence-electron chi connectivity index (χ4n) is 1.91. The van der Waals surface area contributed by atoms with E-state index in [1.165, 1.54) is 5.56 Å². The van der Waals surface area contributed by atoms with Gasteiger partial charge < -0.3 is 5.73 Å². The molecular formula is C16H20N2OS. The number of nitrogen functional groups attached to an aromatic ring is 1. The number of rotatable bonds is 3. The van der Waals surface area contributed by atoms with Crippen LogP contribution in [0.1, 0.15) is 31.9 Å². The van der Waals surface area contributed by atoms with E-state index in [0.29, 0.717) is 16.5 Å². The van der Waals surface area contributed by atoms with E-state index in [2.05, 4.69) is 37.9 Å². The van der Waals surface area contributed by atoms with Gasteiger partial charge in [0.2, 0.25) is 0 Å². The number of aromatic nitrogens is 1. The van der Waals surface area contributed by atoms with Crippen LogP contribution in [0.15, 0.2) is 47.6 Å². The van der Waals surface area contributed by atoms with Crippen LogP contribution in [0.4, 0.5) is 5.69 Å². The molecule has 2 N–H and O–H groups in total. The van der Waals surface area contributed by atoms with Crippen molar-refractivity contribution in [2.24, 2.45) is 0 Å². The molecule has 0 saturated carbocycles. The Morgan fingerprint density at radius 1 is 1.15 bits per heavy atom. The summed E-state index contributed by atoms with van der Waals surface area (Å²) < 4.78 is 12.3. The third-order valence-corrected chi connectivity index (χ3v) is 4.50. The van der Waals surface area contributed by atoms with Crippen LogP contribution in [0.3, 0.4) is 0 Å². The van der Waals surface area contributed by atoms with Gasteiger partial charge in [0.25, 0.3) is 0 Å². The van der Waals surface area contributed by atoms with Gasteiger partial charge in [-0.3, -0.25) is 4.21 Å². The van der Waals surface area contributed by atoms with Crippen molar-refractivity contribution in [1.29, 1.82) is 0 Å². The Morgan fingerprint density at radius 3 is 2.35 bits per heavy atom. The monoisotopic (exact) mass is 288 g/mol. The molecule has 1 heterocycles. The molecule has 106 valence electrons. The van der Waals surface area contributed by atoms with E-state index >= 15 is 0 Å². The Hall–Kier alpha value is -1.68. The van der Waals surface area contributed by atoms with Crippen LogP contribution in [0.2, 0.25) is 0 Å². The van der Waals surface area contributed by atoms with Gasteiger partial charge in [0.1, 0.15) is 5.03 Å². The first-order valence-corrected chi connectivity index (χ1v) is 7.88. The number of hydrogen-bond acceptors (Lipinski definition) is 3. The lowest BCUT2D eigenvalue weighted by molar-refractivity contribution is 0.590. The largest absolute Gasteiger partial charge is 0.396 e. The zero-order chi connectivity index (χ0) is 14.8. The van der Waals surface area contributed by atoms with E-state index in [9.17, 15) is 4.21 Å². The van der Waals surface area contributed by atoms with Crippen LogP contribution in [-0.2, 0) is 22.0 Å². The summed E-state index contributed by atoms with van der Waals surface area (Å²) >= 11 is 0. The highest BCUT2D eigenvalue weighted by Crippen LogP contribution is 2.23. The summed E-state index contributed by atoms with van der Waals surface area (Å²) in [6, 6.07) is 11.7. The number of pyridine rings is 1. The third-order valence-electron chi connectivity index (χ3n) is 3.13. The van der Waals surface area contributed by atoms with Gasteiger partial charge in [0.15, 0.2) is 0 Å². The van der Waals surface area contributed by atoms with Crippen molar-refractivity contribution in [2.75, 3.05) is 5.73 Å². The van der Waals surface area contributed by atoms with E-state index in [1.54, 1.807) is 18.3 Å². The van der Waals surface area contributed by atoms with Gasteiger partial charge in [-0.1, -0.05) is 45.0 Å². The number of nitrogens with two attached hydrogens (primary N) is 1. The van der Waals surface area contributed by atoms with E-state index in [-0.39, 0.29) is 5.41 Å². The van der Waals surface area contributed by atoms with Crippen molar-refractivity contribution in [2.45, 2.75) is 37.0 Å². The molecule has 0 fully saturated rings. The molecular weight excluding hydrogens is 268 g/mol. The Labute approximate surface area is 122 Å². The number of nitrogens with zero attached hydrogens (tertiary/aromatic N) is 1. The smallest absolute Gasteiger partial charge is 0.150 e. The summed E-state index contributed by atoms with van der Waals surface area (Å²) in [6.45, 7) is 6.53. The second-order valence-corrected chi connectivity index (χ2v) is 7.20. The van der Waals surface area contributed by atoms with Gasteiger partial charge in [0, 0.05) is 6.20 Å². The Bertz CT molecular complexity index is 615. The second-order valence-electron chi connectivity index (χ2n) is 5.83. The summed E-state index contributed by atoms with van der Waals surface area (Å²) in [5.41, 5.74) is 8.71. The van der Waals surface area contributed by atoms with Crippen molar-refractivity contribution >= 4 is 16.5 Å². The molecule has 1 aromatic heterocycles. The van der Waals surface area contributed by atoms with Gasteiger partial charge in [-0.15, -0.1) is 0 Å². The zero-order valence-electron chi connectivity index (χ0n) is 12.1. The quantitative estimate of drug-likeness (QED) is 0.943. The van der Waals surface area contributed by atoms with Crippen LogP contribution in [0.5, 0.6) is 0 Å². The van der Waals surface area contributed by atoms with Crippen molar-refractivity contribution in [3.8, 4) is 0 Å². The highest BCUT2D eigenvalue weighted by Gasteiger charge is 2.14. The maximum absolute atomic E-state index is 12.3. The molecule has 0 aliphatic carbocycles. The van der Waals surface area contributed by atoms with E-state index in [0.717, 1.165) is 5.56 Å². The summed E-state index contributed by atoms with van der Waals surface area (Å²) in [4.78, 5) is 4.11. The van der Waals surface area contributed by atoms with Crippen molar-refractivity contribution in [1.82, 2.24) is 4.98 Å². The van der Waals surface area contributed by atoms with Gasteiger partial charge in [0.05, 0.1) is 22.2 Å². The minimum Gasteiger partial charge on any atom is -0.396 e. The molecule has 0 saturated heterocycles. The Morgan fingerprint density at radius 2 is 1.80 bits per heavy atom. The van der Waals surface area contributed by atoms with Crippen LogP contribution in [0, 0.1) is 0 Å². The first-order chi connectivity index (χ1) is 9.38. The van der Waals surface area contributed by atoms with E-state index in [4.69, 9.17) is 5.73 Å². The molecule has 1 aromatic carbocycles. The molecule has 2 rings (SSSR count). The highest BCUT2D eigenvalue weighted by atomic mass is 32.2. The lowest BCUT2D eigenvalue weighted by atomic mass is 9.87. The van der Waals surface area contributed by atoms with Crippen molar-refractivity contribution in [3.05, 3.63) is 53.7 Å². The molecule has 20 heavy (non-hydrogen) atoms. The predicted molar refractivity (Wildman–Crippen MR) is 83.9 cm³/mol. The minimum atomic E-state index is -1.21. The molecule has 1 atom stereocenters. The van der Waals surface area contributed by atoms with Gasteiger partial charge in [-0.2, -0.15) is 0 Å². The minimum absolute atomic E-state index is 0.128. The van der Waals surface area contributed by atoms with E-state index in [1.807, 2.05) is 12.1 Å². The van der Waals surface area contributed by atoms with Crippen LogP contribution in [0.25, 0.3) is 0 Å². The van der Waals surface area contributed by atoms with E-state index < -0.39 is 10.8 Å². The lowest BCUT2D eigenvalue weighted by Crippen LogP contribution is -2.11. The topological polar surface area (TPSA) is 56.0 Å². The maximum atomic E-state index is 12.3. The first-order valence-electron chi connectivity index (χ1n) is 6.56. The highest BCUT2D eigenvalue weighted by molar-refractivity contribution is 7.84. The molecule has 0 radical (unpaired) electrons. The molecule has 2 aromatic rings. The summed E-state index contributed by atoms with van der Waals surface area (Å²) in [5.74, 6) is 0.436. The summed E-state index contributed by atoms with van der Waals surface area (Å²) in [7, 11) is -1.21. The summed E-state index contributed by atoms with van der Waals surface area (Å²) in [5, 5.41) is 0.465. The molecule has 0 spiro atoms. The standard InChI is InChI=1S/C16H20N2OS/c1-16(2,3)13-8-6-12(7-9-13)11-20(19)15-14(17)5-4-10-18-15/h4-10H,11,17H2,1-3H3. The van der Waals surface area contributed by atoms with Crippen LogP contribution >= 0.6 is 0 Å². The Kier molecular flexibility index (Phi) is 4.23. The number of benzene rings is 1. The fraction of sp³-hybridized carbons (Fsp3) is 0.312. The molecule has 0 aliphatic rings. The lowest BCUT2D eigenvalue weighted by Gasteiger charge is -2.19. The number of hydrogen-bond donors (Lipinski definition) is 1.